The first-order chi connectivity index (χ1) is 11.0. The zero-order valence-corrected chi connectivity index (χ0v) is 12.9. The summed E-state index contributed by atoms with van der Waals surface area (Å²) in [7, 11) is 0. The lowest BCUT2D eigenvalue weighted by atomic mass is 10.4. The first-order valence-electron chi connectivity index (χ1n) is 6.78. The number of nitrogens with two attached hydrogens (primary N) is 1. The molecule has 2 N–H and O–H groups in total. The van der Waals surface area contributed by atoms with Crippen molar-refractivity contribution in [2.45, 2.75) is 26.7 Å². The van der Waals surface area contributed by atoms with Crippen LogP contribution in [0.4, 0.5) is 0 Å². The van der Waals surface area contributed by atoms with Gasteiger partial charge in [0.15, 0.2) is 0 Å². The normalized spacial score (nSPS) is 11.0. The highest BCUT2D eigenvalue weighted by Gasteiger charge is 2.15. The van der Waals surface area contributed by atoms with Crippen molar-refractivity contribution >= 4 is 17.8 Å². The third kappa shape index (κ3) is 6.59. The molecule has 0 radical (unpaired) electrons. The Balaban J connectivity index is 2.55. The van der Waals surface area contributed by atoms with E-state index in [1.165, 1.54) is 0 Å². The van der Waals surface area contributed by atoms with Gasteiger partial charge in [-0.05, 0) is 13.8 Å². The monoisotopic (exact) mass is 326 g/mol. The number of nitrogens with zero attached hydrogens (tertiary/aromatic N) is 3. The summed E-state index contributed by atoms with van der Waals surface area (Å²) in [6.45, 7) is 7.37. The number of aromatic nitrogens is 2. The second-order valence-corrected chi connectivity index (χ2v) is 4.08. The Kier molecular flexibility index (Phi) is 7.24. The molecule has 0 saturated heterocycles. The predicted molar refractivity (Wildman–Crippen MR) is 76.8 cm³/mol. The van der Waals surface area contributed by atoms with Gasteiger partial charge in [0.1, 0.15) is 18.6 Å². The molecule has 0 fully saturated rings. The van der Waals surface area contributed by atoms with Gasteiger partial charge >= 0.3 is 11.9 Å². The molecule has 0 spiro atoms. The lowest BCUT2D eigenvalue weighted by Crippen LogP contribution is -2.16. The van der Waals surface area contributed by atoms with Gasteiger partial charge in [-0.1, -0.05) is 16.9 Å². The van der Waals surface area contributed by atoms with Crippen molar-refractivity contribution in [2.75, 3.05) is 13.2 Å². The highest BCUT2D eigenvalue weighted by molar-refractivity contribution is 5.93. The van der Waals surface area contributed by atoms with E-state index in [1.54, 1.807) is 13.8 Å². The average Bonchev–Trinajstić information content (AvgIpc) is 2.93. The van der Waals surface area contributed by atoms with Crippen molar-refractivity contribution in [1.29, 1.82) is 0 Å². The summed E-state index contributed by atoms with van der Waals surface area (Å²) in [6, 6.07) is 0. The summed E-state index contributed by atoms with van der Waals surface area (Å²) < 4.78 is 14.3. The summed E-state index contributed by atoms with van der Waals surface area (Å²) in [5.41, 5.74) is 5.60. The molecule has 1 aromatic heterocycles. The average molecular weight is 326 g/mol. The van der Waals surface area contributed by atoms with E-state index in [4.69, 9.17) is 24.6 Å². The van der Waals surface area contributed by atoms with Crippen LogP contribution in [-0.4, -0.2) is 41.1 Å². The molecule has 0 unspecified atom stereocenters. The maximum Gasteiger partial charge on any atom is 0.315 e. The van der Waals surface area contributed by atoms with Gasteiger partial charge < -0.3 is 24.6 Å². The quantitative estimate of drug-likeness (QED) is 0.223. The number of esters is 2. The molecule has 0 atom stereocenters. The van der Waals surface area contributed by atoms with Gasteiger partial charge in [0, 0.05) is 0 Å². The van der Waals surface area contributed by atoms with Gasteiger partial charge in [-0.15, -0.1) is 0 Å². The second-order valence-electron chi connectivity index (χ2n) is 4.08. The van der Waals surface area contributed by atoms with Crippen LogP contribution in [0.2, 0.25) is 0 Å². The van der Waals surface area contributed by atoms with Gasteiger partial charge in [-0.25, -0.2) is 0 Å². The molecule has 0 aromatic carbocycles. The van der Waals surface area contributed by atoms with E-state index >= 15 is 0 Å². The van der Waals surface area contributed by atoms with Gasteiger partial charge in [0.05, 0.1) is 13.2 Å². The standard InChI is InChI=1S/C13H18N4O6/c1-4-20-10(18)6-8(3)22-16-12(14)13-15-9(23-17-13)7-11(19)21-5-2/h3-7H2,1-2H3,(H2,14,16). The van der Waals surface area contributed by atoms with Crippen molar-refractivity contribution in [3.63, 3.8) is 0 Å². The number of oxime groups is 1. The van der Waals surface area contributed by atoms with Crippen molar-refractivity contribution in [2.24, 2.45) is 10.9 Å². The first-order valence-corrected chi connectivity index (χ1v) is 6.78. The number of carbonyl (C=O) groups is 2. The highest BCUT2D eigenvalue weighted by atomic mass is 16.6. The number of ether oxygens (including phenoxy) is 2. The maximum atomic E-state index is 11.3. The molecule has 126 valence electrons. The Morgan fingerprint density at radius 3 is 2.57 bits per heavy atom. The minimum absolute atomic E-state index is 0.0296. The lowest BCUT2D eigenvalue weighted by molar-refractivity contribution is -0.143. The molecule has 23 heavy (non-hydrogen) atoms. The Labute approximate surface area is 132 Å². The smallest absolute Gasteiger partial charge is 0.315 e. The highest BCUT2D eigenvalue weighted by Crippen LogP contribution is 2.04. The van der Waals surface area contributed by atoms with E-state index in [0.717, 1.165) is 0 Å². The van der Waals surface area contributed by atoms with Crippen LogP contribution in [0.25, 0.3) is 0 Å². The van der Waals surface area contributed by atoms with Crippen LogP contribution in [0, 0.1) is 0 Å². The van der Waals surface area contributed by atoms with E-state index in [1.807, 2.05) is 0 Å². The van der Waals surface area contributed by atoms with Crippen LogP contribution < -0.4 is 5.73 Å². The summed E-state index contributed by atoms with van der Waals surface area (Å²) in [5, 5.41) is 7.07. The Morgan fingerprint density at radius 2 is 1.91 bits per heavy atom. The SMILES string of the molecule is C=C(CC(=O)OCC)O/N=C(\N)c1noc(CC(=O)OCC)n1. The molecule has 0 aliphatic heterocycles. The summed E-state index contributed by atoms with van der Waals surface area (Å²) >= 11 is 0. The van der Waals surface area contributed by atoms with Crippen molar-refractivity contribution in [3.8, 4) is 0 Å². The molecule has 10 heteroatoms. The zero-order valence-electron chi connectivity index (χ0n) is 12.9. The van der Waals surface area contributed by atoms with Crippen LogP contribution in [0.3, 0.4) is 0 Å². The third-order valence-corrected chi connectivity index (χ3v) is 2.22. The van der Waals surface area contributed by atoms with Gasteiger partial charge in [-0.3, -0.25) is 9.59 Å². The van der Waals surface area contributed by atoms with E-state index in [9.17, 15) is 9.59 Å². The van der Waals surface area contributed by atoms with Crippen LogP contribution in [0.5, 0.6) is 0 Å². The van der Waals surface area contributed by atoms with Gasteiger partial charge in [-0.2, -0.15) is 4.98 Å². The Bertz CT molecular complexity index is 595. The van der Waals surface area contributed by atoms with E-state index in [2.05, 4.69) is 21.9 Å². The molecule has 0 aliphatic carbocycles. The molecular weight excluding hydrogens is 308 g/mol. The number of carbonyl (C=O) groups excluding carboxylic acids is 2. The van der Waals surface area contributed by atoms with Crippen molar-refractivity contribution < 1.29 is 28.4 Å². The number of amidine groups is 1. The molecule has 1 rings (SSSR count). The molecule has 0 aliphatic rings. The van der Waals surface area contributed by atoms with Crippen molar-refractivity contribution in [3.05, 3.63) is 24.1 Å². The first kappa shape index (κ1) is 18.1. The van der Waals surface area contributed by atoms with Crippen LogP contribution >= 0.6 is 0 Å². The second kappa shape index (κ2) is 9.18. The Morgan fingerprint density at radius 1 is 1.26 bits per heavy atom. The third-order valence-electron chi connectivity index (χ3n) is 2.22. The minimum atomic E-state index is -0.503. The topological polar surface area (TPSA) is 139 Å². The molecule has 0 bridgehead atoms. The van der Waals surface area contributed by atoms with E-state index in [-0.39, 0.29) is 49.4 Å². The zero-order chi connectivity index (χ0) is 17.2. The van der Waals surface area contributed by atoms with Crippen LogP contribution in [0.15, 0.2) is 22.0 Å². The number of hydrogen-bond donors (Lipinski definition) is 1. The Hall–Kier alpha value is -2.91. The van der Waals surface area contributed by atoms with E-state index in [0.29, 0.717) is 0 Å². The van der Waals surface area contributed by atoms with Gasteiger partial charge in [0.2, 0.25) is 17.6 Å². The maximum absolute atomic E-state index is 11.3. The summed E-state index contributed by atoms with van der Waals surface area (Å²) in [6.07, 6.45) is -0.338. The summed E-state index contributed by atoms with van der Waals surface area (Å²) in [5.74, 6) is -1.19. The molecular formula is C13H18N4O6. The lowest BCUT2D eigenvalue weighted by Gasteiger charge is -2.03. The van der Waals surface area contributed by atoms with Crippen LogP contribution in [-0.2, 0) is 30.3 Å². The van der Waals surface area contributed by atoms with Crippen molar-refractivity contribution in [1.82, 2.24) is 10.1 Å². The molecule has 0 amide bonds. The minimum Gasteiger partial charge on any atom is -0.466 e. The number of rotatable bonds is 9. The predicted octanol–water partition coefficient (Wildman–Crippen LogP) is 0.279. The van der Waals surface area contributed by atoms with E-state index < -0.39 is 11.9 Å². The van der Waals surface area contributed by atoms with Crippen LogP contribution in [0.1, 0.15) is 32.0 Å². The largest absolute Gasteiger partial charge is 0.466 e. The molecule has 10 nitrogen and oxygen atoms in total. The molecule has 1 heterocycles. The number of hydrogen-bond acceptors (Lipinski definition) is 9. The van der Waals surface area contributed by atoms with Gasteiger partial charge in [0.25, 0.3) is 0 Å². The molecule has 0 saturated carbocycles. The fourth-order valence-corrected chi connectivity index (χ4v) is 1.33. The fraction of sp³-hybridized carbons (Fsp3) is 0.462. The summed E-state index contributed by atoms with van der Waals surface area (Å²) in [4.78, 5) is 31.2. The molecule has 1 aromatic rings. The fourth-order valence-electron chi connectivity index (χ4n) is 1.33.